The van der Waals surface area contributed by atoms with E-state index in [9.17, 15) is 19.5 Å². The number of aliphatic hydroxyl groups excluding tert-OH is 1. The van der Waals surface area contributed by atoms with Crippen LogP contribution in [-0.2, 0) is 25.7 Å². The van der Waals surface area contributed by atoms with Crippen LogP contribution in [0.15, 0.2) is 55.6 Å². The smallest absolute Gasteiger partial charge is 0.247 e. The number of amides is 3. The molecule has 5 rings (SSSR count). The Morgan fingerprint density at radius 1 is 1.09 bits per heavy atom. The van der Waals surface area contributed by atoms with Crippen LogP contribution in [0.1, 0.15) is 25.3 Å². The molecule has 6 atom stereocenters. The zero-order valence-electron chi connectivity index (χ0n) is 25.3. The molecule has 4 aliphatic rings. The van der Waals surface area contributed by atoms with E-state index >= 15 is 0 Å². The summed E-state index contributed by atoms with van der Waals surface area (Å²) in [6, 6.07) is 9.18. The number of fused-ring (bicyclic) bond motifs is 1. The van der Waals surface area contributed by atoms with Crippen molar-refractivity contribution in [2.24, 2.45) is 17.8 Å². The summed E-state index contributed by atoms with van der Waals surface area (Å²) >= 11 is 1.70. The molecule has 0 aliphatic carbocycles. The zero-order valence-corrected chi connectivity index (χ0v) is 26.1. The van der Waals surface area contributed by atoms with E-state index < -0.39 is 22.6 Å². The number of likely N-dealkylation sites (tertiary alicyclic amines) is 1. The average Bonchev–Trinajstić information content (AvgIpc) is 3.61. The number of thioether (sulfide) groups is 1. The summed E-state index contributed by atoms with van der Waals surface area (Å²) in [4.78, 5) is 51.0. The van der Waals surface area contributed by atoms with Crippen LogP contribution in [-0.4, -0.2) is 124 Å². The van der Waals surface area contributed by atoms with E-state index in [1.807, 2.05) is 35.2 Å². The molecule has 4 saturated heterocycles. The summed E-state index contributed by atoms with van der Waals surface area (Å²) in [5.41, 5.74) is 1.02. The van der Waals surface area contributed by atoms with Gasteiger partial charge in [0.25, 0.3) is 0 Å². The van der Waals surface area contributed by atoms with Gasteiger partial charge in [-0.3, -0.25) is 19.3 Å². The molecular weight excluding hydrogens is 564 g/mol. The van der Waals surface area contributed by atoms with Gasteiger partial charge in [0.1, 0.15) is 6.04 Å². The van der Waals surface area contributed by atoms with Gasteiger partial charge in [0.15, 0.2) is 0 Å². The fourth-order valence-electron chi connectivity index (χ4n) is 7.67. The molecule has 234 valence electrons. The Morgan fingerprint density at radius 2 is 1.79 bits per heavy atom. The summed E-state index contributed by atoms with van der Waals surface area (Å²) in [6.07, 6.45) is 4.64. The Bertz CT molecular complexity index is 1180. The van der Waals surface area contributed by atoms with E-state index in [1.54, 1.807) is 33.7 Å². The van der Waals surface area contributed by atoms with Gasteiger partial charge < -0.3 is 24.5 Å². The Hall–Kier alpha value is -2.66. The van der Waals surface area contributed by atoms with Crippen LogP contribution in [0.3, 0.4) is 0 Å². The standard InChI is InChI=1S/C33H46N4O5S/c1-4-12-35(16-15-34-17-20-42-21-18-34)32(41)29-33-24(3)22-26(43-33)27(28(33)31(40)37(29)14-9-19-38)30(39)36(13-5-2)23-25-10-7-6-8-11-25/h4-8,10-11,24,26-29,38H,1-2,9,12-23H2,3H3/t24?,26-,27+,28+,29?,33?/m1/s1. The highest BCUT2D eigenvalue weighted by Crippen LogP contribution is 2.69. The maximum absolute atomic E-state index is 14.6. The Balaban J connectivity index is 1.45. The number of carbonyl (C=O) groups is 3. The van der Waals surface area contributed by atoms with Crippen molar-refractivity contribution in [2.45, 2.75) is 42.3 Å². The normalized spacial score (nSPS) is 29.9. The molecule has 0 aromatic heterocycles. The third kappa shape index (κ3) is 6.03. The van der Waals surface area contributed by atoms with E-state index in [4.69, 9.17) is 4.74 Å². The van der Waals surface area contributed by atoms with Crippen molar-refractivity contribution in [1.29, 1.82) is 0 Å². The highest BCUT2D eigenvalue weighted by atomic mass is 32.2. The second-order valence-corrected chi connectivity index (χ2v) is 13.7. The molecule has 1 aromatic rings. The SMILES string of the molecule is C=CCN(CCN1CCOCC1)C(=O)C1N(CCCO)C(=O)[C@@H]2[C@@H](C(=O)N(CC=C)Cc3ccccc3)[C@H]3CC(C)C12S3. The number of hydrogen-bond donors (Lipinski definition) is 1. The van der Waals surface area contributed by atoms with Gasteiger partial charge in [0, 0.05) is 64.2 Å². The van der Waals surface area contributed by atoms with Crippen molar-refractivity contribution in [1.82, 2.24) is 19.6 Å². The van der Waals surface area contributed by atoms with Gasteiger partial charge in [-0.1, -0.05) is 49.4 Å². The fraction of sp³-hybridized carbons (Fsp3) is 0.606. The van der Waals surface area contributed by atoms with E-state index in [-0.39, 0.29) is 42.0 Å². The largest absolute Gasteiger partial charge is 0.396 e. The van der Waals surface area contributed by atoms with Gasteiger partial charge in [0.2, 0.25) is 17.7 Å². The molecule has 4 heterocycles. The number of carbonyl (C=O) groups excluding carboxylic acids is 3. The fourth-order valence-corrected chi connectivity index (χ4v) is 10.1. The van der Waals surface area contributed by atoms with E-state index in [1.165, 1.54) is 0 Å². The predicted molar refractivity (Wildman–Crippen MR) is 168 cm³/mol. The van der Waals surface area contributed by atoms with Crippen molar-refractivity contribution in [3.63, 3.8) is 0 Å². The number of aliphatic hydroxyl groups is 1. The first-order valence-corrected chi connectivity index (χ1v) is 16.5. The quantitative estimate of drug-likeness (QED) is 0.323. The van der Waals surface area contributed by atoms with Crippen molar-refractivity contribution in [3.05, 3.63) is 61.2 Å². The highest BCUT2D eigenvalue weighted by molar-refractivity contribution is 8.02. The van der Waals surface area contributed by atoms with Gasteiger partial charge in [-0.25, -0.2) is 0 Å². The predicted octanol–water partition coefficient (Wildman–Crippen LogP) is 2.27. The van der Waals surface area contributed by atoms with Gasteiger partial charge >= 0.3 is 0 Å². The first kappa shape index (κ1) is 31.8. The van der Waals surface area contributed by atoms with E-state index in [0.29, 0.717) is 45.8 Å². The number of rotatable bonds is 14. The molecule has 0 saturated carbocycles. The Kier molecular flexibility index (Phi) is 10.3. The minimum Gasteiger partial charge on any atom is -0.396 e. The molecular formula is C33H46N4O5S. The molecule has 0 radical (unpaired) electrons. The summed E-state index contributed by atoms with van der Waals surface area (Å²) < 4.78 is 4.80. The van der Waals surface area contributed by atoms with Gasteiger partial charge in [-0.05, 0) is 24.3 Å². The Morgan fingerprint density at radius 3 is 2.47 bits per heavy atom. The minimum absolute atomic E-state index is 0.0314. The van der Waals surface area contributed by atoms with Crippen LogP contribution in [0.2, 0.25) is 0 Å². The summed E-state index contributed by atoms with van der Waals surface area (Å²) in [7, 11) is 0. The number of nitrogens with zero attached hydrogens (tertiary/aromatic N) is 4. The number of benzene rings is 1. The maximum Gasteiger partial charge on any atom is 0.247 e. The lowest BCUT2D eigenvalue weighted by Crippen LogP contribution is -2.58. The topological polar surface area (TPSA) is 93.6 Å². The first-order valence-electron chi connectivity index (χ1n) is 15.6. The summed E-state index contributed by atoms with van der Waals surface area (Å²) in [6.45, 7) is 15.6. The molecule has 10 heteroatoms. The molecule has 3 unspecified atom stereocenters. The van der Waals surface area contributed by atoms with Gasteiger partial charge in [0.05, 0.1) is 29.8 Å². The van der Waals surface area contributed by atoms with Crippen molar-refractivity contribution in [3.8, 4) is 0 Å². The van der Waals surface area contributed by atoms with Crippen molar-refractivity contribution >= 4 is 29.5 Å². The molecule has 3 amide bonds. The molecule has 1 spiro atoms. The second kappa shape index (κ2) is 14.0. The van der Waals surface area contributed by atoms with Crippen LogP contribution in [0, 0.1) is 17.8 Å². The molecule has 1 N–H and O–H groups in total. The highest BCUT2D eigenvalue weighted by Gasteiger charge is 2.76. The van der Waals surface area contributed by atoms with Crippen LogP contribution in [0.5, 0.6) is 0 Å². The number of morpholine rings is 1. The molecule has 9 nitrogen and oxygen atoms in total. The molecule has 43 heavy (non-hydrogen) atoms. The van der Waals surface area contributed by atoms with Crippen molar-refractivity contribution < 1.29 is 24.2 Å². The summed E-state index contributed by atoms with van der Waals surface area (Å²) in [5, 5.41) is 9.69. The van der Waals surface area contributed by atoms with E-state index in [0.717, 1.165) is 31.6 Å². The minimum atomic E-state index is -0.695. The zero-order chi connectivity index (χ0) is 30.6. The van der Waals surface area contributed by atoms with Gasteiger partial charge in [-0.15, -0.1) is 24.9 Å². The van der Waals surface area contributed by atoms with Gasteiger partial charge in [-0.2, -0.15) is 0 Å². The monoisotopic (exact) mass is 610 g/mol. The molecule has 4 fully saturated rings. The number of hydrogen-bond acceptors (Lipinski definition) is 7. The van der Waals surface area contributed by atoms with Crippen molar-refractivity contribution in [2.75, 3.05) is 65.6 Å². The lowest BCUT2D eigenvalue weighted by molar-refractivity contribution is -0.145. The first-order chi connectivity index (χ1) is 20.9. The maximum atomic E-state index is 14.6. The van der Waals surface area contributed by atoms with Crippen LogP contribution in [0.25, 0.3) is 0 Å². The molecule has 1 aromatic carbocycles. The lowest BCUT2D eigenvalue weighted by Gasteiger charge is -2.41. The second-order valence-electron chi connectivity index (χ2n) is 12.2. The molecule has 4 aliphatic heterocycles. The average molecular weight is 611 g/mol. The third-order valence-electron chi connectivity index (χ3n) is 9.65. The van der Waals surface area contributed by atoms with Crippen LogP contribution in [0.4, 0.5) is 0 Å². The van der Waals surface area contributed by atoms with Crippen LogP contribution >= 0.6 is 11.8 Å². The van der Waals surface area contributed by atoms with Crippen LogP contribution < -0.4 is 0 Å². The molecule has 2 bridgehead atoms. The third-order valence-corrected chi connectivity index (χ3v) is 11.7. The summed E-state index contributed by atoms with van der Waals surface area (Å²) in [5.74, 6) is -1.26. The van der Waals surface area contributed by atoms with E-state index in [2.05, 4.69) is 25.0 Å². The Labute approximate surface area is 259 Å². The number of ether oxygens (including phenoxy) is 1. The lowest BCUT2D eigenvalue weighted by atomic mass is 9.65.